The number of piperazine rings is 1. The Hall–Kier alpha value is -1.27. The summed E-state index contributed by atoms with van der Waals surface area (Å²) in [7, 11) is 2.16. The highest BCUT2D eigenvalue weighted by molar-refractivity contribution is 7.80. The van der Waals surface area contributed by atoms with Gasteiger partial charge in [0.1, 0.15) is 10.7 Å². The molecule has 1 aliphatic rings. The Labute approximate surface area is 119 Å². The zero-order valence-corrected chi connectivity index (χ0v) is 12.7. The molecule has 2 atom stereocenters. The van der Waals surface area contributed by atoms with Crippen LogP contribution in [0.5, 0.6) is 0 Å². The molecule has 1 saturated heterocycles. The largest absolute Gasteiger partial charge is 0.388 e. The lowest BCUT2D eigenvalue weighted by Crippen LogP contribution is -2.55. The van der Waals surface area contributed by atoms with E-state index in [0.29, 0.717) is 22.8 Å². The van der Waals surface area contributed by atoms with E-state index in [9.17, 15) is 0 Å². The number of thiocarbonyl (C=S) groups is 1. The monoisotopic (exact) mass is 279 g/mol. The third-order valence-electron chi connectivity index (χ3n) is 3.74. The van der Waals surface area contributed by atoms with E-state index < -0.39 is 0 Å². The molecular formula is C13H21N5S. The van der Waals surface area contributed by atoms with Crippen LogP contribution in [-0.2, 0) is 0 Å². The lowest BCUT2D eigenvalue weighted by atomic mass is 10.1. The van der Waals surface area contributed by atoms with Crippen LogP contribution in [0, 0.1) is 6.92 Å². The Bertz CT molecular complexity index is 478. The zero-order chi connectivity index (χ0) is 14.2. The van der Waals surface area contributed by atoms with Crippen molar-refractivity contribution in [3.8, 4) is 0 Å². The van der Waals surface area contributed by atoms with E-state index in [1.807, 2.05) is 13.0 Å². The first-order valence-corrected chi connectivity index (χ1v) is 6.91. The molecule has 0 bridgehead atoms. The molecule has 104 valence electrons. The van der Waals surface area contributed by atoms with Gasteiger partial charge in [0.2, 0.25) is 5.95 Å². The van der Waals surface area contributed by atoms with Gasteiger partial charge in [-0.25, -0.2) is 9.97 Å². The third-order valence-corrected chi connectivity index (χ3v) is 3.95. The van der Waals surface area contributed by atoms with E-state index >= 15 is 0 Å². The minimum atomic E-state index is 0.321. The summed E-state index contributed by atoms with van der Waals surface area (Å²) < 4.78 is 0. The SMILES string of the molecule is Cc1cc(C(N)=S)nc(N2CC(C)N(C)C(C)C2)n1. The summed E-state index contributed by atoms with van der Waals surface area (Å²) in [5, 5.41) is 0. The van der Waals surface area contributed by atoms with Gasteiger partial charge < -0.3 is 10.6 Å². The molecule has 0 spiro atoms. The molecule has 1 aromatic heterocycles. The normalized spacial score (nSPS) is 24.5. The Morgan fingerprint density at radius 3 is 2.42 bits per heavy atom. The van der Waals surface area contributed by atoms with Crippen molar-refractivity contribution >= 4 is 23.2 Å². The highest BCUT2D eigenvalue weighted by atomic mass is 32.1. The quantitative estimate of drug-likeness (QED) is 0.813. The molecule has 6 heteroatoms. The van der Waals surface area contributed by atoms with Crippen molar-refractivity contribution in [1.29, 1.82) is 0 Å². The first-order valence-electron chi connectivity index (χ1n) is 6.51. The fourth-order valence-corrected chi connectivity index (χ4v) is 2.49. The van der Waals surface area contributed by atoms with Crippen LogP contribution in [0.3, 0.4) is 0 Å². The molecule has 2 unspecified atom stereocenters. The van der Waals surface area contributed by atoms with Gasteiger partial charge in [-0.2, -0.15) is 0 Å². The molecule has 1 aliphatic heterocycles. The van der Waals surface area contributed by atoms with Crippen LogP contribution in [0.2, 0.25) is 0 Å². The summed E-state index contributed by atoms with van der Waals surface area (Å²) in [6.45, 7) is 8.21. The molecule has 0 aliphatic carbocycles. The van der Waals surface area contributed by atoms with E-state index in [0.717, 1.165) is 24.7 Å². The van der Waals surface area contributed by atoms with Crippen molar-refractivity contribution in [2.24, 2.45) is 5.73 Å². The number of hydrogen-bond acceptors (Lipinski definition) is 5. The molecule has 1 aromatic rings. The van der Waals surface area contributed by atoms with Gasteiger partial charge in [0, 0.05) is 30.9 Å². The van der Waals surface area contributed by atoms with Gasteiger partial charge in [0.15, 0.2) is 0 Å². The molecule has 2 rings (SSSR count). The first-order chi connectivity index (χ1) is 8.88. The molecule has 0 aromatic carbocycles. The van der Waals surface area contributed by atoms with Crippen molar-refractivity contribution in [3.05, 3.63) is 17.5 Å². The maximum absolute atomic E-state index is 5.67. The Kier molecular flexibility index (Phi) is 4.01. The maximum Gasteiger partial charge on any atom is 0.226 e. The molecule has 19 heavy (non-hydrogen) atoms. The number of aryl methyl sites for hydroxylation is 1. The number of anilines is 1. The predicted molar refractivity (Wildman–Crippen MR) is 81.6 cm³/mol. The number of aromatic nitrogens is 2. The molecule has 0 amide bonds. The second-order valence-corrected chi connectivity index (χ2v) is 5.77. The summed E-state index contributed by atoms with van der Waals surface area (Å²) in [5.74, 6) is 0.731. The van der Waals surface area contributed by atoms with Crippen molar-refractivity contribution in [2.75, 3.05) is 25.0 Å². The van der Waals surface area contributed by atoms with Crippen LogP contribution in [-0.4, -0.2) is 52.1 Å². The van der Waals surface area contributed by atoms with Crippen LogP contribution >= 0.6 is 12.2 Å². The topological polar surface area (TPSA) is 58.3 Å². The van der Waals surface area contributed by atoms with Crippen molar-refractivity contribution in [2.45, 2.75) is 32.9 Å². The first kappa shape index (κ1) is 14.1. The van der Waals surface area contributed by atoms with E-state index in [4.69, 9.17) is 18.0 Å². The summed E-state index contributed by atoms with van der Waals surface area (Å²) in [6, 6.07) is 2.77. The molecule has 1 fully saturated rings. The van der Waals surface area contributed by atoms with Gasteiger partial charge in [-0.05, 0) is 33.9 Å². The molecule has 2 N–H and O–H groups in total. The predicted octanol–water partition coefficient (Wildman–Crippen LogP) is 0.948. The Morgan fingerprint density at radius 2 is 1.89 bits per heavy atom. The van der Waals surface area contributed by atoms with Crippen LogP contribution in [0.4, 0.5) is 5.95 Å². The highest BCUT2D eigenvalue weighted by Crippen LogP contribution is 2.18. The lowest BCUT2D eigenvalue weighted by Gasteiger charge is -2.42. The van der Waals surface area contributed by atoms with Crippen LogP contribution < -0.4 is 10.6 Å². The van der Waals surface area contributed by atoms with E-state index in [2.05, 4.69) is 40.7 Å². The third kappa shape index (κ3) is 3.01. The van der Waals surface area contributed by atoms with E-state index in [-0.39, 0.29) is 0 Å². The average molecular weight is 279 g/mol. The summed E-state index contributed by atoms with van der Waals surface area (Å²) in [4.78, 5) is 13.9. The van der Waals surface area contributed by atoms with E-state index in [1.54, 1.807) is 0 Å². The van der Waals surface area contributed by atoms with Gasteiger partial charge in [0.25, 0.3) is 0 Å². The van der Waals surface area contributed by atoms with Gasteiger partial charge in [-0.3, -0.25) is 4.90 Å². The Balaban J connectivity index is 2.29. The fourth-order valence-electron chi connectivity index (χ4n) is 2.39. The maximum atomic E-state index is 5.67. The van der Waals surface area contributed by atoms with Crippen molar-refractivity contribution in [3.63, 3.8) is 0 Å². The summed E-state index contributed by atoms with van der Waals surface area (Å²) in [5.41, 5.74) is 7.22. The summed E-state index contributed by atoms with van der Waals surface area (Å²) >= 11 is 5.01. The van der Waals surface area contributed by atoms with Gasteiger partial charge in [0.05, 0.1) is 0 Å². The van der Waals surface area contributed by atoms with Gasteiger partial charge >= 0.3 is 0 Å². The van der Waals surface area contributed by atoms with Crippen molar-refractivity contribution < 1.29 is 0 Å². The molecule has 0 saturated carbocycles. The van der Waals surface area contributed by atoms with Crippen LogP contribution in [0.1, 0.15) is 25.2 Å². The zero-order valence-electron chi connectivity index (χ0n) is 11.9. The second-order valence-electron chi connectivity index (χ2n) is 5.33. The fraction of sp³-hybridized carbons (Fsp3) is 0.615. The van der Waals surface area contributed by atoms with Gasteiger partial charge in [-0.15, -0.1) is 0 Å². The lowest BCUT2D eigenvalue weighted by molar-refractivity contribution is 0.169. The Morgan fingerprint density at radius 1 is 1.32 bits per heavy atom. The van der Waals surface area contributed by atoms with E-state index in [1.165, 1.54) is 0 Å². The number of hydrogen-bond donors (Lipinski definition) is 1. The number of rotatable bonds is 2. The smallest absolute Gasteiger partial charge is 0.226 e. The van der Waals surface area contributed by atoms with Crippen LogP contribution in [0.25, 0.3) is 0 Å². The molecule has 0 radical (unpaired) electrons. The minimum absolute atomic E-state index is 0.321. The highest BCUT2D eigenvalue weighted by Gasteiger charge is 2.28. The second kappa shape index (κ2) is 5.38. The number of nitrogens with two attached hydrogens (primary N) is 1. The number of likely N-dealkylation sites (N-methyl/N-ethyl adjacent to an activating group) is 1. The molecule has 5 nitrogen and oxygen atoms in total. The number of nitrogens with zero attached hydrogens (tertiary/aromatic N) is 4. The molecular weight excluding hydrogens is 258 g/mol. The molecule has 2 heterocycles. The van der Waals surface area contributed by atoms with Gasteiger partial charge in [-0.1, -0.05) is 12.2 Å². The average Bonchev–Trinajstić information content (AvgIpc) is 2.34. The summed E-state index contributed by atoms with van der Waals surface area (Å²) in [6.07, 6.45) is 0. The van der Waals surface area contributed by atoms with Crippen LogP contribution in [0.15, 0.2) is 6.07 Å². The minimum Gasteiger partial charge on any atom is -0.388 e. The standard InChI is InChI=1S/C13H21N5S/c1-8-5-11(12(14)19)16-13(15-8)18-6-9(2)17(4)10(3)7-18/h5,9-10H,6-7H2,1-4H3,(H2,14,19). The van der Waals surface area contributed by atoms with Crippen molar-refractivity contribution in [1.82, 2.24) is 14.9 Å².